The van der Waals surface area contributed by atoms with Crippen molar-refractivity contribution in [1.29, 1.82) is 0 Å². The summed E-state index contributed by atoms with van der Waals surface area (Å²) >= 11 is 1.99. The zero-order valence-corrected chi connectivity index (χ0v) is 20.8. The molecule has 1 saturated heterocycles. The molecule has 1 aliphatic heterocycles. The lowest BCUT2D eigenvalue weighted by atomic mass is 10.00. The van der Waals surface area contributed by atoms with E-state index in [1.165, 1.54) is 18.4 Å². The number of nitrogens with two attached hydrogens (primary N) is 2. The fourth-order valence-electron chi connectivity index (χ4n) is 3.45. The Kier molecular flexibility index (Phi) is 12.2. The highest BCUT2D eigenvalue weighted by atomic mass is 32.2. The normalized spacial score (nSPS) is 16.3. The minimum Gasteiger partial charge on any atom is -0.394 e. The number of anilines is 1. The number of thioether (sulfide) groups is 1. The van der Waals surface area contributed by atoms with Crippen LogP contribution in [0.25, 0.3) is 0 Å². The zero-order chi connectivity index (χ0) is 23.4. The van der Waals surface area contributed by atoms with Crippen molar-refractivity contribution in [2.45, 2.75) is 52.3 Å². The van der Waals surface area contributed by atoms with Gasteiger partial charge in [-0.25, -0.2) is 0 Å². The molecule has 0 spiro atoms. The summed E-state index contributed by atoms with van der Waals surface area (Å²) in [7, 11) is 1.56. The summed E-state index contributed by atoms with van der Waals surface area (Å²) in [6, 6.07) is 8.33. The molecule has 1 fully saturated rings. The van der Waals surface area contributed by atoms with Crippen LogP contribution in [0.15, 0.2) is 47.4 Å². The number of nitrogens with one attached hydrogen (secondary N) is 2. The minimum absolute atomic E-state index is 0.0743. The summed E-state index contributed by atoms with van der Waals surface area (Å²) in [5.41, 5.74) is 15.2. The lowest BCUT2D eigenvalue weighted by molar-refractivity contribution is -0.117. The summed E-state index contributed by atoms with van der Waals surface area (Å²) in [6.07, 6.45) is 6.48. The maximum Gasteiger partial charge on any atom is 0.267 e. The van der Waals surface area contributed by atoms with Gasteiger partial charge in [0.05, 0.1) is 0 Å². The Morgan fingerprint density at radius 1 is 1.19 bits per heavy atom. The first-order valence-corrected chi connectivity index (χ1v) is 12.4. The Morgan fingerprint density at radius 3 is 2.26 bits per heavy atom. The molecule has 1 aromatic carbocycles. The molecular formula is C24H41N5OS. The summed E-state index contributed by atoms with van der Waals surface area (Å²) in [4.78, 5) is 14.4. The van der Waals surface area contributed by atoms with Crippen molar-refractivity contribution < 1.29 is 4.79 Å². The van der Waals surface area contributed by atoms with Crippen LogP contribution in [0.1, 0.15) is 46.1 Å². The van der Waals surface area contributed by atoms with Gasteiger partial charge in [-0.15, -0.1) is 0 Å². The van der Waals surface area contributed by atoms with E-state index in [1.54, 1.807) is 13.1 Å². The molecule has 1 amide bonds. The molecular weight excluding hydrogens is 406 g/mol. The van der Waals surface area contributed by atoms with Gasteiger partial charge in [0.1, 0.15) is 11.5 Å². The first kappa shape index (κ1) is 26.9. The highest BCUT2D eigenvalue weighted by molar-refractivity contribution is 7.99. The molecule has 6 nitrogen and oxygen atoms in total. The summed E-state index contributed by atoms with van der Waals surface area (Å²) in [6.45, 7) is 11.3. The van der Waals surface area contributed by atoms with Crippen LogP contribution in [-0.2, 0) is 11.3 Å². The number of amides is 1. The molecule has 0 saturated carbocycles. The van der Waals surface area contributed by atoms with Gasteiger partial charge in [0.2, 0.25) is 0 Å². The fraction of sp³-hybridized carbons (Fsp3) is 0.542. The van der Waals surface area contributed by atoms with Crippen molar-refractivity contribution >= 4 is 23.4 Å². The van der Waals surface area contributed by atoms with E-state index in [0.717, 1.165) is 30.6 Å². The fourth-order valence-corrected chi connectivity index (χ4v) is 4.13. The molecule has 1 heterocycles. The van der Waals surface area contributed by atoms with Crippen LogP contribution < -0.4 is 22.1 Å². The Bertz CT molecular complexity index is 735. The van der Waals surface area contributed by atoms with E-state index in [1.807, 2.05) is 51.6 Å². The summed E-state index contributed by atoms with van der Waals surface area (Å²) in [5, 5.41) is 6.55. The largest absolute Gasteiger partial charge is 0.394 e. The summed E-state index contributed by atoms with van der Waals surface area (Å²) < 4.78 is 0. The van der Waals surface area contributed by atoms with Gasteiger partial charge >= 0.3 is 0 Å². The maximum absolute atomic E-state index is 11.8. The van der Waals surface area contributed by atoms with Crippen molar-refractivity contribution in [2.75, 3.05) is 31.7 Å². The van der Waals surface area contributed by atoms with Crippen molar-refractivity contribution in [1.82, 2.24) is 10.2 Å². The number of carbonyl (C=O) groups excluding carboxylic acids is 1. The quantitative estimate of drug-likeness (QED) is 0.357. The third kappa shape index (κ3) is 8.87. The number of likely N-dealkylation sites (N-methyl/N-ethyl adjacent to an activating group) is 1. The van der Waals surface area contributed by atoms with Gasteiger partial charge in [0.25, 0.3) is 5.91 Å². The monoisotopic (exact) mass is 447 g/mol. The van der Waals surface area contributed by atoms with E-state index in [0.29, 0.717) is 11.4 Å². The van der Waals surface area contributed by atoms with E-state index in [2.05, 4.69) is 33.9 Å². The average molecular weight is 448 g/mol. The van der Waals surface area contributed by atoms with Crippen molar-refractivity contribution in [2.24, 2.45) is 17.4 Å². The van der Waals surface area contributed by atoms with Gasteiger partial charge in [0, 0.05) is 24.5 Å². The zero-order valence-electron chi connectivity index (χ0n) is 20.0. The van der Waals surface area contributed by atoms with E-state index < -0.39 is 0 Å². The second-order valence-electron chi connectivity index (χ2n) is 7.74. The highest BCUT2D eigenvalue weighted by Crippen LogP contribution is 2.23. The smallest absolute Gasteiger partial charge is 0.267 e. The van der Waals surface area contributed by atoms with Gasteiger partial charge in [0.15, 0.2) is 0 Å². The van der Waals surface area contributed by atoms with Gasteiger partial charge < -0.3 is 22.1 Å². The molecule has 7 heteroatoms. The second kappa shape index (κ2) is 14.0. The maximum atomic E-state index is 11.8. The molecule has 6 N–H and O–H groups in total. The van der Waals surface area contributed by atoms with Crippen LogP contribution in [0.4, 0.5) is 5.69 Å². The number of likely N-dealkylation sites (tertiary alicyclic amines) is 1. The molecule has 0 bridgehead atoms. The topological polar surface area (TPSA) is 96.4 Å². The van der Waals surface area contributed by atoms with E-state index >= 15 is 0 Å². The Hall–Kier alpha value is -2.12. The van der Waals surface area contributed by atoms with Crippen molar-refractivity contribution in [3.63, 3.8) is 0 Å². The first-order chi connectivity index (χ1) is 14.8. The number of hydrogen-bond donors (Lipinski definition) is 4. The van der Waals surface area contributed by atoms with Gasteiger partial charge in [-0.2, -0.15) is 11.8 Å². The molecule has 0 unspecified atom stereocenters. The Labute approximate surface area is 192 Å². The SMILES string of the molecule is CC.CNC(=O)/C(N)=C(/C=C(\N)Nc1ccc(CN2CCC(SC)CC2)cc1)C(C)C. The number of allylic oxidation sites excluding steroid dienone is 2. The van der Waals surface area contributed by atoms with E-state index in [9.17, 15) is 4.79 Å². The Morgan fingerprint density at radius 2 is 1.77 bits per heavy atom. The number of carbonyl (C=O) groups is 1. The molecule has 0 radical (unpaired) electrons. The number of nitrogens with zero attached hydrogens (tertiary/aromatic N) is 1. The predicted octanol–water partition coefficient (Wildman–Crippen LogP) is 3.87. The number of hydrogen-bond acceptors (Lipinski definition) is 6. The second-order valence-corrected chi connectivity index (χ2v) is 8.87. The molecule has 1 aromatic rings. The molecule has 31 heavy (non-hydrogen) atoms. The highest BCUT2D eigenvalue weighted by Gasteiger charge is 2.18. The standard InChI is InChI=1S/C22H35N5OS.C2H6/c1-15(2)19(21(24)22(28)25-3)13-20(23)26-17-7-5-16(6-8-17)14-27-11-9-18(29-4)10-12-27;1-2/h5-8,13,15,18,26H,9-12,14,23-24H2,1-4H3,(H,25,28);1-2H3/b20-13+,21-19+;. The van der Waals surface area contributed by atoms with Crippen LogP contribution in [0.3, 0.4) is 0 Å². The molecule has 2 rings (SSSR count). The average Bonchev–Trinajstić information content (AvgIpc) is 2.79. The van der Waals surface area contributed by atoms with Crippen molar-refractivity contribution in [3.05, 3.63) is 53.0 Å². The third-order valence-electron chi connectivity index (χ3n) is 5.23. The molecule has 1 aliphatic rings. The number of rotatable bonds is 8. The van der Waals surface area contributed by atoms with Crippen LogP contribution in [0.5, 0.6) is 0 Å². The van der Waals surface area contributed by atoms with E-state index in [4.69, 9.17) is 11.5 Å². The lowest BCUT2D eigenvalue weighted by Crippen LogP contribution is -2.34. The minimum atomic E-state index is -0.302. The molecule has 0 atom stereocenters. The molecule has 0 aliphatic carbocycles. The van der Waals surface area contributed by atoms with Gasteiger partial charge in [-0.1, -0.05) is 39.8 Å². The van der Waals surface area contributed by atoms with Crippen molar-refractivity contribution in [3.8, 4) is 0 Å². The first-order valence-electron chi connectivity index (χ1n) is 11.1. The third-order valence-corrected chi connectivity index (χ3v) is 6.37. The molecule has 174 valence electrons. The van der Waals surface area contributed by atoms with Crippen LogP contribution in [0.2, 0.25) is 0 Å². The Balaban J connectivity index is 0.00000233. The van der Waals surface area contributed by atoms with Gasteiger partial charge in [-0.3, -0.25) is 9.69 Å². The predicted molar refractivity (Wildman–Crippen MR) is 136 cm³/mol. The number of benzene rings is 1. The van der Waals surface area contributed by atoms with Crippen LogP contribution in [0, 0.1) is 5.92 Å². The van der Waals surface area contributed by atoms with Crippen LogP contribution in [-0.4, -0.2) is 42.4 Å². The van der Waals surface area contributed by atoms with Crippen LogP contribution >= 0.6 is 11.8 Å². The molecule has 0 aromatic heterocycles. The van der Waals surface area contributed by atoms with E-state index in [-0.39, 0.29) is 17.5 Å². The number of piperidine rings is 1. The lowest BCUT2D eigenvalue weighted by Gasteiger charge is -2.31. The van der Waals surface area contributed by atoms with Gasteiger partial charge in [-0.05, 0) is 67.5 Å². The summed E-state index contributed by atoms with van der Waals surface area (Å²) in [5.74, 6) is 0.224.